The lowest BCUT2D eigenvalue weighted by Crippen LogP contribution is -2.06. The Morgan fingerprint density at radius 1 is 1.50 bits per heavy atom. The van der Waals surface area contributed by atoms with Crippen LogP contribution in [0.3, 0.4) is 0 Å². The molecule has 0 aromatic heterocycles. The summed E-state index contributed by atoms with van der Waals surface area (Å²) in [5, 5.41) is 8.97. The average Bonchev–Trinajstić information content (AvgIpc) is 3.13. The van der Waals surface area contributed by atoms with Gasteiger partial charge in [-0.25, -0.2) is 4.79 Å². The Morgan fingerprint density at radius 3 is 2.83 bits per heavy atom. The molecule has 1 saturated carbocycles. The fourth-order valence-corrected chi connectivity index (χ4v) is 2.72. The molecule has 4 nitrogen and oxygen atoms in total. The second-order valence-electron chi connectivity index (χ2n) is 4.22. The number of ether oxygens (including phenoxy) is 1. The monoisotopic (exact) mass is 332 g/mol. The number of carbonyl (C=O) groups is 1. The summed E-state index contributed by atoms with van der Waals surface area (Å²) in [4.78, 5) is 11.4. The number of carboxylic acid groups (broad SMARTS) is 1. The van der Waals surface area contributed by atoms with E-state index in [4.69, 9.17) is 9.84 Å². The molecule has 98 valence electrons. The van der Waals surface area contributed by atoms with Gasteiger partial charge in [-0.05, 0) is 52.9 Å². The third-order valence-electron chi connectivity index (χ3n) is 2.67. The van der Waals surface area contributed by atoms with E-state index < -0.39 is 16.8 Å². The normalized spacial score (nSPS) is 16.5. The van der Waals surface area contributed by atoms with Crippen molar-refractivity contribution in [2.24, 2.45) is 5.92 Å². The van der Waals surface area contributed by atoms with Crippen molar-refractivity contribution in [3.63, 3.8) is 0 Å². The highest BCUT2D eigenvalue weighted by Crippen LogP contribution is 2.29. The summed E-state index contributed by atoms with van der Waals surface area (Å²) >= 11 is 3.15. The summed E-state index contributed by atoms with van der Waals surface area (Å²) in [7, 11) is -1.31. The molecule has 0 amide bonds. The molecule has 1 aliphatic rings. The second-order valence-corrected chi connectivity index (χ2v) is 6.48. The van der Waals surface area contributed by atoms with Crippen molar-refractivity contribution < 1.29 is 18.8 Å². The molecule has 1 unspecified atom stereocenters. The van der Waals surface area contributed by atoms with Crippen molar-refractivity contribution in [1.82, 2.24) is 0 Å². The van der Waals surface area contributed by atoms with Crippen molar-refractivity contribution >= 4 is 32.7 Å². The molecule has 6 heteroatoms. The minimum Gasteiger partial charge on any atom is -0.478 e. The Morgan fingerprint density at radius 2 is 2.22 bits per heavy atom. The predicted octanol–water partition coefficient (Wildman–Crippen LogP) is 2.64. The Kier molecular flexibility index (Phi) is 4.53. The number of hydrogen-bond acceptors (Lipinski definition) is 3. The van der Waals surface area contributed by atoms with Crippen molar-refractivity contribution in [3.05, 3.63) is 28.2 Å². The maximum atomic E-state index is 11.9. The minimum absolute atomic E-state index is 0.114. The topological polar surface area (TPSA) is 63.6 Å². The molecule has 2 rings (SSSR count). The van der Waals surface area contributed by atoms with E-state index in [2.05, 4.69) is 15.9 Å². The Hall–Kier alpha value is -0.720. The highest BCUT2D eigenvalue weighted by molar-refractivity contribution is 9.10. The fraction of sp³-hybridized carbons (Fsp3) is 0.417. The van der Waals surface area contributed by atoms with Crippen LogP contribution >= 0.6 is 15.9 Å². The van der Waals surface area contributed by atoms with Crippen LogP contribution in [0.25, 0.3) is 0 Å². The highest BCUT2D eigenvalue weighted by atomic mass is 79.9. The van der Waals surface area contributed by atoms with Crippen LogP contribution in [0.2, 0.25) is 0 Å². The summed E-state index contributed by atoms with van der Waals surface area (Å²) in [5.41, 5.74) is 0.114. The molecule has 1 fully saturated rings. The van der Waals surface area contributed by atoms with Gasteiger partial charge >= 0.3 is 5.97 Å². The lowest BCUT2D eigenvalue weighted by Gasteiger charge is -2.06. The first-order valence-electron chi connectivity index (χ1n) is 5.57. The van der Waals surface area contributed by atoms with Crippen molar-refractivity contribution in [2.75, 3.05) is 12.5 Å². The van der Waals surface area contributed by atoms with E-state index >= 15 is 0 Å². The molecule has 1 N–H and O–H groups in total. The van der Waals surface area contributed by atoms with E-state index in [0.717, 1.165) is 0 Å². The molecule has 1 aliphatic carbocycles. The van der Waals surface area contributed by atoms with Crippen LogP contribution < -0.4 is 0 Å². The van der Waals surface area contributed by atoms with Gasteiger partial charge in [0.05, 0.1) is 23.0 Å². The van der Waals surface area contributed by atoms with Crippen LogP contribution in [-0.4, -0.2) is 27.8 Å². The first-order valence-corrected chi connectivity index (χ1v) is 7.68. The fourth-order valence-electron chi connectivity index (χ4n) is 1.45. The molecule has 0 aliphatic heterocycles. The van der Waals surface area contributed by atoms with E-state index in [1.807, 2.05) is 0 Å². The largest absolute Gasteiger partial charge is 0.478 e. The zero-order valence-electron chi connectivity index (χ0n) is 9.60. The molecule has 1 atom stereocenters. The van der Waals surface area contributed by atoms with Crippen molar-refractivity contribution in [3.8, 4) is 0 Å². The average molecular weight is 333 g/mol. The number of carboxylic acids is 1. The lowest BCUT2D eigenvalue weighted by molar-refractivity contribution is 0.0695. The van der Waals surface area contributed by atoms with Gasteiger partial charge in [-0.2, -0.15) is 0 Å². The first-order chi connectivity index (χ1) is 8.58. The quantitative estimate of drug-likeness (QED) is 0.869. The van der Waals surface area contributed by atoms with Crippen LogP contribution in [0.15, 0.2) is 27.6 Å². The van der Waals surface area contributed by atoms with Gasteiger partial charge in [0.2, 0.25) is 0 Å². The number of aromatic carboxylic acids is 1. The van der Waals surface area contributed by atoms with Crippen LogP contribution in [0, 0.1) is 5.92 Å². The minimum atomic E-state index is -1.31. The predicted molar refractivity (Wildman–Crippen MR) is 71.1 cm³/mol. The Labute approximate surface area is 116 Å². The van der Waals surface area contributed by atoms with Gasteiger partial charge in [-0.1, -0.05) is 0 Å². The summed E-state index contributed by atoms with van der Waals surface area (Å²) in [6.07, 6.45) is 2.38. The molecule has 0 radical (unpaired) electrons. The van der Waals surface area contributed by atoms with Gasteiger partial charge in [0.15, 0.2) is 0 Å². The van der Waals surface area contributed by atoms with E-state index in [9.17, 15) is 9.00 Å². The number of benzene rings is 1. The standard InChI is InChI=1S/C12H13BrO4S/c13-11-4-3-9(5-10(11)12(14)15)18(16)7-17-6-8-1-2-8/h3-5,8H,1-2,6-7H2,(H,14,15). The van der Waals surface area contributed by atoms with Crippen LogP contribution in [0.4, 0.5) is 0 Å². The van der Waals surface area contributed by atoms with E-state index in [-0.39, 0.29) is 11.5 Å². The number of halogens is 1. The van der Waals surface area contributed by atoms with Crippen LogP contribution in [0.5, 0.6) is 0 Å². The SMILES string of the molecule is O=C(O)c1cc(S(=O)COCC2CC2)ccc1Br. The summed E-state index contributed by atoms with van der Waals surface area (Å²) in [6.45, 7) is 0.647. The third-order valence-corrected chi connectivity index (χ3v) is 4.52. The molecule has 18 heavy (non-hydrogen) atoms. The molecule has 0 bridgehead atoms. The molecular formula is C12H13BrO4S. The molecule has 0 saturated heterocycles. The first kappa shape index (κ1) is 13.7. The summed E-state index contributed by atoms with van der Waals surface area (Å²) < 4.78 is 17.7. The zero-order valence-corrected chi connectivity index (χ0v) is 12.0. The zero-order chi connectivity index (χ0) is 13.1. The molecule has 0 heterocycles. The molecule has 1 aromatic rings. The van der Waals surface area contributed by atoms with Gasteiger partial charge in [0.25, 0.3) is 0 Å². The molecule has 0 spiro atoms. The van der Waals surface area contributed by atoms with Gasteiger partial charge in [-0.3, -0.25) is 4.21 Å². The maximum absolute atomic E-state index is 11.9. The number of hydrogen-bond donors (Lipinski definition) is 1. The molecule has 1 aromatic carbocycles. The van der Waals surface area contributed by atoms with Gasteiger partial charge < -0.3 is 9.84 Å². The highest BCUT2D eigenvalue weighted by Gasteiger charge is 2.21. The van der Waals surface area contributed by atoms with Gasteiger partial charge in [-0.15, -0.1) is 0 Å². The van der Waals surface area contributed by atoms with E-state index in [1.165, 1.54) is 18.9 Å². The number of rotatable bonds is 6. The Balaban J connectivity index is 2.00. The van der Waals surface area contributed by atoms with Crippen molar-refractivity contribution in [2.45, 2.75) is 17.7 Å². The van der Waals surface area contributed by atoms with Crippen LogP contribution in [-0.2, 0) is 15.5 Å². The smallest absolute Gasteiger partial charge is 0.336 e. The second kappa shape index (κ2) is 5.95. The lowest BCUT2D eigenvalue weighted by atomic mass is 10.2. The summed E-state index contributed by atoms with van der Waals surface area (Å²) in [5.74, 6) is -0.293. The maximum Gasteiger partial charge on any atom is 0.336 e. The van der Waals surface area contributed by atoms with E-state index in [0.29, 0.717) is 21.9 Å². The van der Waals surface area contributed by atoms with E-state index in [1.54, 1.807) is 12.1 Å². The third kappa shape index (κ3) is 3.63. The molecular weight excluding hydrogens is 320 g/mol. The Bertz CT molecular complexity index is 485. The van der Waals surface area contributed by atoms with Gasteiger partial charge in [0.1, 0.15) is 5.94 Å². The summed E-state index contributed by atoms with van der Waals surface area (Å²) in [6, 6.07) is 4.66. The van der Waals surface area contributed by atoms with Crippen LogP contribution in [0.1, 0.15) is 23.2 Å². The van der Waals surface area contributed by atoms with Crippen molar-refractivity contribution in [1.29, 1.82) is 0 Å². The van der Waals surface area contributed by atoms with Gasteiger partial charge in [0, 0.05) is 9.37 Å².